The molecule has 0 saturated carbocycles. The van der Waals surface area contributed by atoms with Crippen LogP contribution in [0.1, 0.15) is 13.8 Å². The van der Waals surface area contributed by atoms with Crippen LogP contribution in [0.15, 0.2) is 36.4 Å². The average molecular weight is 607 g/mol. The van der Waals surface area contributed by atoms with Crippen molar-refractivity contribution in [1.29, 1.82) is 0 Å². The van der Waals surface area contributed by atoms with Gasteiger partial charge in [0.15, 0.2) is 6.17 Å². The van der Waals surface area contributed by atoms with Crippen molar-refractivity contribution in [2.24, 2.45) is 0 Å². The van der Waals surface area contributed by atoms with Gasteiger partial charge in [0.25, 0.3) is 0 Å². The van der Waals surface area contributed by atoms with Crippen molar-refractivity contribution < 1.29 is 29.1 Å². The SMILES string of the molecule is COC(=O)CNC(=O)CN1C(=O)N(c2ccc(Cl)c(Cl)c2)C(N(O)C(=O)Nc2ccc(Cl)c(Cl)c2)C1(C)C. The first-order chi connectivity index (χ1) is 17.8. The first-order valence-corrected chi connectivity index (χ1v) is 12.4. The molecule has 1 fully saturated rings. The van der Waals surface area contributed by atoms with Gasteiger partial charge < -0.3 is 20.3 Å². The Kier molecular flexibility index (Phi) is 9.21. The molecular formula is C23H23Cl4N5O6. The van der Waals surface area contributed by atoms with Gasteiger partial charge in [-0.05, 0) is 50.2 Å². The zero-order chi connectivity index (χ0) is 28.4. The van der Waals surface area contributed by atoms with Crippen molar-refractivity contribution in [1.82, 2.24) is 15.3 Å². The topological polar surface area (TPSA) is 132 Å². The molecule has 204 valence electrons. The van der Waals surface area contributed by atoms with E-state index in [4.69, 9.17) is 46.4 Å². The molecule has 1 aliphatic heterocycles. The second-order valence-corrected chi connectivity index (χ2v) is 10.2. The maximum absolute atomic E-state index is 13.6. The monoisotopic (exact) mass is 605 g/mol. The van der Waals surface area contributed by atoms with E-state index in [9.17, 15) is 24.4 Å². The van der Waals surface area contributed by atoms with Crippen LogP contribution in [0.4, 0.5) is 21.0 Å². The number of ether oxygens (including phenoxy) is 1. The second kappa shape index (κ2) is 11.8. The van der Waals surface area contributed by atoms with E-state index in [2.05, 4.69) is 15.4 Å². The molecular weight excluding hydrogens is 584 g/mol. The number of urea groups is 2. The third-order valence-corrected chi connectivity index (χ3v) is 7.24. The smallest absolute Gasteiger partial charge is 0.347 e. The predicted molar refractivity (Wildman–Crippen MR) is 143 cm³/mol. The Hall–Kier alpha value is -2.96. The molecule has 3 rings (SSSR count). The van der Waals surface area contributed by atoms with Crippen LogP contribution in [0.5, 0.6) is 0 Å². The van der Waals surface area contributed by atoms with Gasteiger partial charge in [-0.3, -0.25) is 19.7 Å². The number of anilines is 2. The number of halogens is 4. The summed E-state index contributed by atoms with van der Waals surface area (Å²) in [5, 5.41) is 17.0. The van der Waals surface area contributed by atoms with Crippen molar-refractivity contribution >= 4 is 81.7 Å². The summed E-state index contributed by atoms with van der Waals surface area (Å²) in [6, 6.07) is 6.89. The summed E-state index contributed by atoms with van der Waals surface area (Å²) in [6.07, 6.45) is -1.36. The van der Waals surface area contributed by atoms with Crippen LogP contribution in [-0.4, -0.2) is 71.0 Å². The molecule has 0 aliphatic carbocycles. The standard InChI is InChI=1S/C23H23Cl4N5O6/c1-23(2)20(32(37)21(35)29-12-4-6-14(24)16(26)8-12)31(13-5-7-15(25)17(27)9-13)22(36)30(23)11-18(33)28-10-19(34)38-3/h4-9,20,37H,10-11H2,1-3H3,(H,28,33)(H,29,35). The van der Waals surface area contributed by atoms with E-state index in [0.717, 1.165) is 9.80 Å². The van der Waals surface area contributed by atoms with Gasteiger partial charge in [-0.25, -0.2) is 9.59 Å². The average Bonchev–Trinajstić information content (AvgIpc) is 3.06. The highest BCUT2D eigenvalue weighted by atomic mass is 35.5. The van der Waals surface area contributed by atoms with Gasteiger partial charge in [-0.1, -0.05) is 46.4 Å². The van der Waals surface area contributed by atoms with E-state index >= 15 is 0 Å². The van der Waals surface area contributed by atoms with Gasteiger partial charge in [0.05, 0.1) is 32.7 Å². The molecule has 2 aromatic carbocycles. The molecule has 1 aliphatic rings. The van der Waals surface area contributed by atoms with E-state index in [1.807, 2.05) is 0 Å². The van der Waals surface area contributed by atoms with E-state index in [1.165, 1.54) is 43.5 Å². The Morgan fingerprint density at radius 3 is 2.21 bits per heavy atom. The van der Waals surface area contributed by atoms with Crippen molar-refractivity contribution in [2.45, 2.75) is 25.6 Å². The summed E-state index contributed by atoms with van der Waals surface area (Å²) in [5.74, 6) is -1.35. The molecule has 0 spiro atoms. The van der Waals surface area contributed by atoms with Crippen LogP contribution >= 0.6 is 46.4 Å². The number of esters is 1. The van der Waals surface area contributed by atoms with Crippen LogP contribution in [0.25, 0.3) is 0 Å². The summed E-state index contributed by atoms with van der Waals surface area (Å²) < 4.78 is 4.50. The second-order valence-electron chi connectivity index (χ2n) is 8.62. The van der Waals surface area contributed by atoms with Crippen LogP contribution in [0.2, 0.25) is 20.1 Å². The lowest BCUT2D eigenvalue weighted by Crippen LogP contribution is -2.58. The summed E-state index contributed by atoms with van der Waals surface area (Å²) >= 11 is 24.1. The Balaban J connectivity index is 1.96. The van der Waals surface area contributed by atoms with Crippen molar-refractivity contribution in [3.63, 3.8) is 0 Å². The Labute approximate surface area is 238 Å². The van der Waals surface area contributed by atoms with Crippen molar-refractivity contribution in [3.8, 4) is 0 Å². The Morgan fingerprint density at radius 1 is 1.03 bits per heavy atom. The number of carbonyl (C=O) groups excluding carboxylic acids is 4. The maximum Gasteiger partial charge on any atom is 0.347 e. The van der Waals surface area contributed by atoms with Crippen molar-refractivity contribution in [2.75, 3.05) is 30.4 Å². The molecule has 38 heavy (non-hydrogen) atoms. The molecule has 1 heterocycles. The van der Waals surface area contributed by atoms with E-state index in [-0.39, 0.29) is 31.5 Å². The number of rotatable bonds is 7. The molecule has 5 amide bonds. The lowest BCUT2D eigenvalue weighted by molar-refractivity contribution is -0.141. The fraction of sp³-hybridized carbons (Fsp3) is 0.304. The molecule has 1 atom stereocenters. The summed E-state index contributed by atoms with van der Waals surface area (Å²) in [5.41, 5.74) is -0.928. The fourth-order valence-electron chi connectivity index (χ4n) is 3.81. The minimum Gasteiger partial charge on any atom is -0.468 e. The number of benzene rings is 2. The number of nitrogens with zero attached hydrogens (tertiary/aromatic N) is 3. The van der Waals surface area contributed by atoms with Crippen LogP contribution < -0.4 is 15.5 Å². The number of carbonyl (C=O) groups is 4. The number of nitrogens with one attached hydrogen (secondary N) is 2. The molecule has 2 aromatic rings. The van der Waals surface area contributed by atoms with Crippen LogP contribution in [0.3, 0.4) is 0 Å². The highest BCUT2D eigenvalue weighted by molar-refractivity contribution is 6.42. The quantitative estimate of drug-likeness (QED) is 0.234. The van der Waals surface area contributed by atoms with Gasteiger partial charge in [-0.2, -0.15) is 5.06 Å². The molecule has 11 nitrogen and oxygen atoms in total. The van der Waals surface area contributed by atoms with Crippen LogP contribution in [0, 0.1) is 0 Å². The van der Waals surface area contributed by atoms with E-state index in [0.29, 0.717) is 5.06 Å². The third kappa shape index (κ3) is 6.19. The molecule has 1 unspecified atom stereocenters. The minimum absolute atomic E-state index is 0.118. The lowest BCUT2D eigenvalue weighted by atomic mass is 9.99. The number of methoxy groups -OCH3 is 1. The van der Waals surface area contributed by atoms with Gasteiger partial charge in [0, 0.05) is 11.4 Å². The van der Waals surface area contributed by atoms with Gasteiger partial charge >= 0.3 is 18.0 Å². The Bertz CT molecular complexity index is 1280. The lowest BCUT2D eigenvalue weighted by Gasteiger charge is -2.38. The van der Waals surface area contributed by atoms with Crippen LogP contribution in [-0.2, 0) is 14.3 Å². The molecule has 0 bridgehead atoms. The first kappa shape index (κ1) is 29.6. The summed E-state index contributed by atoms with van der Waals surface area (Å²) in [6.45, 7) is 2.20. The molecule has 0 radical (unpaired) electrons. The molecule has 1 saturated heterocycles. The summed E-state index contributed by atoms with van der Waals surface area (Å²) in [4.78, 5) is 52.9. The highest BCUT2D eigenvalue weighted by Gasteiger charge is 2.56. The number of hydrogen-bond acceptors (Lipinski definition) is 6. The largest absolute Gasteiger partial charge is 0.468 e. The molecule has 15 heteroatoms. The predicted octanol–water partition coefficient (Wildman–Crippen LogP) is 4.86. The molecule has 3 N–H and O–H groups in total. The Morgan fingerprint density at radius 2 is 1.63 bits per heavy atom. The zero-order valence-electron chi connectivity index (χ0n) is 20.3. The number of hydrogen-bond donors (Lipinski definition) is 3. The van der Waals surface area contributed by atoms with E-state index in [1.54, 1.807) is 13.8 Å². The summed E-state index contributed by atoms with van der Waals surface area (Å²) in [7, 11) is 1.17. The van der Waals surface area contributed by atoms with Crippen molar-refractivity contribution in [3.05, 3.63) is 56.5 Å². The van der Waals surface area contributed by atoms with Gasteiger partial charge in [0.2, 0.25) is 5.91 Å². The normalized spacial score (nSPS) is 16.3. The minimum atomic E-state index is -1.36. The maximum atomic E-state index is 13.6. The van der Waals surface area contributed by atoms with E-state index < -0.39 is 48.7 Å². The molecule has 0 aromatic heterocycles. The van der Waals surface area contributed by atoms with Gasteiger partial charge in [-0.15, -0.1) is 0 Å². The van der Waals surface area contributed by atoms with Gasteiger partial charge in [0.1, 0.15) is 13.1 Å². The number of hydroxylamine groups is 2. The number of amides is 5. The fourth-order valence-corrected chi connectivity index (χ4v) is 4.40. The third-order valence-electron chi connectivity index (χ3n) is 5.76. The first-order valence-electron chi connectivity index (χ1n) is 10.9. The highest BCUT2D eigenvalue weighted by Crippen LogP contribution is 2.39. The zero-order valence-corrected chi connectivity index (χ0v) is 23.3.